The first kappa shape index (κ1) is 9.49. The monoisotopic (exact) mass is 141 g/mol. The Labute approximate surface area is 64.1 Å². The summed E-state index contributed by atoms with van der Waals surface area (Å²) in [5.74, 6) is 0. The van der Waals surface area contributed by atoms with Crippen molar-refractivity contribution < 1.29 is 0 Å². The van der Waals surface area contributed by atoms with Crippen LogP contribution in [0.5, 0.6) is 0 Å². The van der Waals surface area contributed by atoms with E-state index in [9.17, 15) is 0 Å². The van der Waals surface area contributed by atoms with Crippen molar-refractivity contribution in [2.75, 3.05) is 0 Å². The average Bonchev–Trinajstić information content (AvgIpc) is 1.97. The van der Waals surface area contributed by atoms with Gasteiger partial charge >= 0.3 is 0 Å². The van der Waals surface area contributed by atoms with Crippen LogP contribution in [0.25, 0.3) is 0 Å². The minimum Gasteiger partial charge on any atom is -0.198 e. The van der Waals surface area contributed by atoms with Crippen molar-refractivity contribution in [1.82, 2.24) is 0 Å². The van der Waals surface area contributed by atoms with E-state index in [0.29, 0.717) is 0 Å². The van der Waals surface area contributed by atoms with Gasteiger partial charge in [0.15, 0.2) is 0 Å². The quantitative estimate of drug-likeness (QED) is 0.411. The molecule has 0 rings (SSSR count). The summed E-state index contributed by atoms with van der Waals surface area (Å²) in [5.41, 5.74) is 0. The van der Waals surface area contributed by atoms with Crippen LogP contribution >= 0.6 is 0 Å². The first-order valence-electron chi connectivity index (χ1n) is 4.28. The van der Waals surface area contributed by atoms with E-state index in [1.807, 2.05) is 0 Å². The zero-order valence-corrected chi connectivity index (χ0v) is 6.90. The van der Waals surface area contributed by atoms with Crippen LogP contribution in [0, 0.1) is 11.3 Å². The second-order valence-corrected chi connectivity index (χ2v) is 2.68. The maximum absolute atomic E-state index is 8.22. The molecule has 0 N–H and O–H groups in total. The van der Waals surface area contributed by atoms with Gasteiger partial charge in [0, 0.05) is 6.42 Å². The highest BCUT2D eigenvalue weighted by Gasteiger charge is 1.87. The molecular weight excluding hydrogens is 124 g/mol. The van der Waals surface area contributed by atoms with Crippen molar-refractivity contribution in [3.8, 4) is 6.07 Å². The molecule has 0 saturated heterocycles. The molecule has 0 radical (unpaired) electrons. The smallest absolute Gasteiger partial charge is 0.0621 e. The molecule has 1 heteroatoms. The van der Waals surface area contributed by atoms with Crippen molar-refractivity contribution >= 4 is 0 Å². The van der Waals surface area contributed by atoms with E-state index < -0.39 is 0 Å². The molecule has 0 saturated carbocycles. The highest BCUT2D eigenvalue weighted by Crippen LogP contribution is 2.05. The molecular formula is C9H17N. The highest BCUT2D eigenvalue weighted by molar-refractivity contribution is 4.67. The summed E-state index contributed by atoms with van der Waals surface area (Å²) in [6.45, 7) is 2.22. The molecule has 0 fully saturated rings. The van der Waals surface area contributed by atoms with Gasteiger partial charge in [-0.25, -0.2) is 0 Å². The molecule has 10 heavy (non-hydrogen) atoms. The number of hydrogen-bond acceptors (Lipinski definition) is 1. The second-order valence-electron chi connectivity index (χ2n) is 2.68. The number of nitrogens with zero attached hydrogens (tertiary/aromatic N) is 1. The molecule has 0 aliphatic rings. The SMILES string of the molecule is CCCCCCC[13CH2][13C]#N. The highest BCUT2D eigenvalue weighted by atomic mass is 14.6. The molecule has 0 unspecified atom stereocenters. The lowest BCUT2D eigenvalue weighted by Crippen LogP contribution is -1.77. The van der Waals surface area contributed by atoms with Crippen molar-refractivity contribution in [1.29, 1.82) is 5.26 Å². The summed E-state index contributed by atoms with van der Waals surface area (Å²) in [7, 11) is 0. The third-order valence-electron chi connectivity index (χ3n) is 1.64. The Bertz CT molecular complexity index is 91.4. The molecule has 1 nitrogen and oxygen atoms in total. The van der Waals surface area contributed by atoms with Crippen LogP contribution in [0.15, 0.2) is 0 Å². The largest absolute Gasteiger partial charge is 0.198 e. The Hall–Kier alpha value is -0.510. The Morgan fingerprint density at radius 3 is 2.20 bits per heavy atom. The first-order chi connectivity index (χ1) is 4.91. The standard InChI is InChI=1S/C9H17N/c1-2-3-4-5-6-7-8-9-10/h2-8H2,1H3/i8+1,9+1. The van der Waals surface area contributed by atoms with E-state index in [4.69, 9.17) is 5.26 Å². The Morgan fingerprint density at radius 2 is 1.60 bits per heavy atom. The third kappa shape index (κ3) is 7.49. The fraction of sp³-hybridized carbons (Fsp3) is 0.889. The maximum atomic E-state index is 8.22. The molecule has 0 amide bonds. The van der Waals surface area contributed by atoms with Crippen molar-refractivity contribution in [3.05, 3.63) is 0 Å². The van der Waals surface area contributed by atoms with Gasteiger partial charge in [0.25, 0.3) is 0 Å². The van der Waals surface area contributed by atoms with Gasteiger partial charge in [-0.2, -0.15) is 5.26 Å². The lowest BCUT2D eigenvalue weighted by Gasteiger charge is -1.95. The molecule has 0 aliphatic heterocycles. The van der Waals surface area contributed by atoms with E-state index >= 15 is 0 Å². The summed E-state index contributed by atoms with van der Waals surface area (Å²) in [6.07, 6.45) is 8.40. The van der Waals surface area contributed by atoms with Crippen LogP contribution in [-0.4, -0.2) is 0 Å². The molecule has 0 spiro atoms. The van der Waals surface area contributed by atoms with Crippen LogP contribution < -0.4 is 0 Å². The van der Waals surface area contributed by atoms with E-state index in [0.717, 1.165) is 12.8 Å². The summed E-state index contributed by atoms with van der Waals surface area (Å²) >= 11 is 0. The molecule has 0 atom stereocenters. The fourth-order valence-electron chi connectivity index (χ4n) is 0.984. The minimum absolute atomic E-state index is 0.742. The van der Waals surface area contributed by atoms with E-state index in [1.54, 1.807) is 0 Å². The van der Waals surface area contributed by atoms with Crippen molar-refractivity contribution in [2.24, 2.45) is 0 Å². The summed E-state index contributed by atoms with van der Waals surface area (Å²) in [6, 6.07) is 2.16. The number of nitriles is 1. The van der Waals surface area contributed by atoms with Gasteiger partial charge in [-0.05, 0) is 6.42 Å². The maximum Gasteiger partial charge on any atom is 0.0621 e. The Kier molecular flexibility index (Phi) is 8.06. The summed E-state index contributed by atoms with van der Waals surface area (Å²) in [5, 5.41) is 8.22. The van der Waals surface area contributed by atoms with Gasteiger partial charge in [-0.1, -0.05) is 39.0 Å². The van der Waals surface area contributed by atoms with Gasteiger partial charge in [0.2, 0.25) is 0 Å². The lowest BCUT2D eigenvalue weighted by molar-refractivity contribution is 0.613. The van der Waals surface area contributed by atoms with Gasteiger partial charge in [0.05, 0.1) is 6.07 Å². The fourth-order valence-corrected chi connectivity index (χ4v) is 0.984. The van der Waals surface area contributed by atoms with E-state index in [-0.39, 0.29) is 0 Å². The predicted octanol–water partition coefficient (Wildman–Crippen LogP) is 3.26. The lowest BCUT2D eigenvalue weighted by atomic mass is 10.1. The Balaban J connectivity index is 2.72. The summed E-state index contributed by atoms with van der Waals surface area (Å²) < 4.78 is 0. The predicted molar refractivity (Wildman–Crippen MR) is 43.6 cm³/mol. The third-order valence-corrected chi connectivity index (χ3v) is 1.64. The number of hydrogen-bond donors (Lipinski definition) is 0. The molecule has 0 aliphatic carbocycles. The van der Waals surface area contributed by atoms with Crippen molar-refractivity contribution in [2.45, 2.75) is 51.9 Å². The van der Waals surface area contributed by atoms with Gasteiger partial charge in [0.1, 0.15) is 0 Å². The van der Waals surface area contributed by atoms with E-state index in [2.05, 4.69) is 13.0 Å². The normalized spacial score (nSPS) is 9.20. The van der Waals surface area contributed by atoms with Gasteiger partial charge in [-0.3, -0.25) is 0 Å². The molecule has 0 aromatic carbocycles. The summed E-state index contributed by atoms with van der Waals surface area (Å²) in [4.78, 5) is 0. The average molecular weight is 141 g/mol. The van der Waals surface area contributed by atoms with Crippen LogP contribution in [0.1, 0.15) is 51.9 Å². The zero-order chi connectivity index (χ0) is 7.66. The second kappa shape index (κ2) is 8.49. The molecule has 0 bridgehead atoms. The van der Waals surface area contributed by atoms with Crippen LogP contribution in [0.3, 0.4) is 0 Å². The number of rotatable bonds is 6. The Morgan fingerprint density at radius 1 is 1.00 bits per heavy atom. The first-order valence-corrected chi connectivity index (χ1v) is 4.28. The van der Waals surface area contributed by atoms with Crippen LogP contribution in [0.2, 0.25) is 0 Å². The zero-order valence-electron chi connectivity index (χ0n) is 6.90. The molecule has 0 heterocycles. The minimum atomic E-state index is 0.742. The van der Waals surface area contributed by atoms with Crippen LogP contribution in [0.4, 0.5) is 0 Å². The molecule has 0 aromatic rings. The molecule has 58 valence electrons. The topological polar surface area (TPSA) is 23.8 Å². The van der Waals surface area contributed by atoms with Gasteiger partial charge in [-0.15, -0.1) is 0 Å². The van der Waals surface area contributed by atoms with Crippen molar-refractivity contribution in [3.63, 3.8) is 0 Å². The van der Waals surface area contributed by atoms with Gasteiger partial charge < -0.3 is 0 Å². The molecule has 0 aromatic heterocycles. The van der Waals surface area contributed by atoms with E-state index in [1.165, 1.54) is 32.1 Å². The number of unbranched alkanes of at least 4 members (excludes halogenated alkanes) is 6. The van der Waals surface area contributed by atoms with Crippen LogP contribution in [-0.2, 0) is 0 Å².